The average molecular weight is 345 g/mol. The van der Waals surface area contributed by atoms with E-state index in [1.807, 2.05) is 4.90 Å². The van der Waals surface area contributed by atoms with Gasteiger partial charge in [0.1, 0.15) is 5.82 Å². The van der Waals surface area contributed by atoms with Crippen LogP contribution < -0.4 is 0 Å². The quantitative estimate of drug-likeness (QED) is 0.856. The SMILES string of the molecule is O=C(CN1CCCC1=O)N1CCC(c2noc3cc(F)ccc23)CC1. The molecule has 0 aliphatic carbocycles. The zero-order valence-electron chi connectivity index (χ0n) is 13.9. The Kier molecular flexibility index (Phi) is 4.15. The summed E-state index contributed by atoms with van der Waals surface area (Å²) in [5, 5.41) is 4.97. The minimum atomic E-state index is -0.341. The van der Waals surface area contributed by atoms with Crippen molar-refractivity contribution in [1.82, 2.24) is 15.0 Å². The van der Waals surface area contributed by atoms with Crippen LogP contribution in [-0.4, -0.2) is 52.9 Å². The summed E-state index contributed by atoms with van der Waals surface area (Å²) in [4.78, 5) is 27.5. The Labute approximate surface area is 144 Å². The topological polar surface area (TPSA) is 66.7 Å². The van der Waals surface area contributed by atoms with Crippen molar-refractivity contribution in [3.05, 3.63) is 29.7 Å². The molecule has 4 rings (SSSR count). The predicted octanol–water partition coefficient (Wildman–Crippen LogP) is 2.30. The van der Waals surface area contributed by atoms with E-state index >= 15 is 0 Å². The fourth-order valence-corrected chi connectivity index (χ4v) is 3.76. The number of amides is 2. The number of piperidine rings is 1. The van der Waals surface area contributed by atoms with Gasteiger partial charge in [0.15, 0.2) is 5.58 Å². The zero-order valence-corrected chi connectivity index (χ0v) is 13.9. The molecule has 0 spiro atoms. The summed E-state index contributed by atoms with van der Waals surface area (Å²) in [7, 11) is 0. The fraction of sp³-hybridized carbons (Fsp3) is 0.500. The van der Waals surface area contributed by atoms with Crippen LogP contribution in [-0.2, 0) is 9.59 Å². The number of halogens is 1. The number of carbonyl (C=O) groups is 2. The predicted molar refractivity (Wildman–Crippen MR) is 88.3 cm³/mol. The van der Waals surface area contributed by atoms with Gasteiger partial charge in [-0.1, -0.05) is 5.16 Å². The van der Waals surface area contributed by atoms with E-state index in [9.17, 15) is 14.0 Å². The van der Waals surface area contributed by atoms with Gasteiger partial charge in [0.05, 0.1) is 12.2 Å². The molecule has 2 aliphatic rings. The monoisotopic (exact) mass is 345 g/mol. The summed E-state index contributed by atoms with van der Waals surface area (Å²) in [5.41, 5.74) is 1.30. The first kappa shape index (κ1) is 16.1. The first-order valence-corrected chi connectivity index (χ1v) is 8.72. The summed E-state index contributed by atoms with van der Waals surface area (Å²) in [6, 6.07) is 4.46. The Balaban J connectivity index is 1.39. The Bertz CT molecular complexity index is 811. The molecule has 0 bridgehead atoms. The van der Waals surface area contributed by atoms with Crippen LogP contribution in [0.4, 0.5) is 4.39 Å². The van der Waals surface area contributed by atoms with Crippen molar-refractivity contribution >= 4 is 22.8 Å². The van der Waals surface area contributed by atoms with Crippen molar-refractivity contribution in [2.45, 2.75) is 31.6 Å². The fourth-order valence-electron chi connectivity index (χ4n) is 3.76. The Hall–Kier alpha value is -2.44. The lowest BCUT2D eigenvalue weighted by atomic mass is 9.91. The lowest BCUT2D eigenvalue weighted by Crippen LogP contribution is -2.44. The molecular weight excluding hydrogens is 325 g/mol. The second kappa shape index (κ2) is 6.46. The van der Waals surface area contributed by atoms with Gasteiger partial charge in [-0.3, -0.25) is 9.59 Å². The molecule has 6 nitrogen and oxygen atoms in total. The molecule has 132 valence electrons. The number of hydrogen-bond acceptors (Lipinski definition) is 4. The number of carbonyl (C=O) groups excluding carboxylic acids is 2. The molecule has 1 aromatic carbocycles. The highest BCUT2D eigenvalue weighted by Crippen LogP contribution is 2.32. The molecular formula is C18H20FN3O3. The Morgan fingerprint density at radius 1 is 1.28 bits per heavy atom. The van der Waals surface area contributed by atoms with Crippen molar-refractivity contribution in [2.24, 2.45) is 0 Å². The van der Waals surface area contributed by atoms with Gasteiger partial charge in [0, 0.05) is 43.4 Å². The molecule has 2 aliphatic heterocycles. The Morgan fingerprint density at radius 2 is 2.08 bits per heavy atom. The van der Waals surface area contributed by atoms with Crippen LogP contribution in [0.5, 0.6) is 0 Å². The number of rotatable bonds is 3. The van der Waals surface area contributed by atoms with E-state index in [0.717, 1.165) is 30.3 Å². The van der Waals surface area contributed by atoms with Crippen molar-refractivity contribution in [1.29, 1.82) is 0 Å². The average Bonchev–Trinajstić information content (AvgIpc) is 3.21. The van der Waals surface area contributed by atoms with Gasteiger partial charge in [0.25, 0.3) is 0 Å². The van der Waals surface area contributed by atoms with Gasteiger partial charge in [-0.05, 0) is 31.4 Å². The number of hydrogen-bond donors (Lipinski definition) is 0. The molecule has 0 radical (unpaired) electrons. The molecule has 0 atom stereocenters. The van der Waals surface area contributed by atoms with Crippen LogP contribution in [0, 0.1) is 5.82 Å². The molecule has 2 saturated heterocycles. The minimum absolute atomic E-state index is 0.0146. The third-order valence-corrected chi connectivity index (χ3v) is 5.19. The van der Waals surface area contributed by atoms with E-state index in [2.05, 4.69) is 5.16 Å². The molecule has 2 fully saturated rings. The number of likely N-dealkylation sites (tertiary alicyclic amines) is 2. The highest BCUT2D eigenvalue weighted by atomic mass is 19.1. The number of fused-ring (bicyclic) bond motifs is 1. The van der Waals surface area contributed by atoms with Gasteiger partial charge in [0.2, 0.25) is 11.8 Å². The van der Waals surface area contributed by atoms with Crippen LogP contribution in [0.15, 0.2) is 22.7 Å². The maximum absolute atomic E-state index is 13.3. The second-order valence-electron chi connectivity index (χ2n) is 6.78. The lowest BCUT2D eigenvalue weighted by Gasteiger charge is -2.32. The van der Waals surface area contributed by atoms with E-state index in [1.54, 1.807) is 11.0 Å². The smallest absolute Gasteiger partial charge is 0.242 e. The highest BCUT2D eigenvalue weighted by molar-refractivity contribution is 5.86. The molecule has 2 amide bonds. The van der Waals surface area contributed by atoms with E-state index in [4.69, 9.17) is 4.52 Å². The first-order chi connectivity index (χ1) is 12.1. The van der Waals surface area contributed by atoms with Crippen LogP contribution in [0.3, 0.4) is 0 Å². The molecule has 0 unspecified atom stereocenters. The standard InChI is InChI=1S/C18H20FN3O3/c19-13-3-4-14-15(10-13)25-20-18(14)12-5-8-21(9-6-12)17(24)11-22-7-1-2-16(22)23/h3-4,10,12H,1-2,5-9,11H2. The summed E-state index contributed by atoms with van der Waals surface area (Å²) in [6.07, 6.45) is 2.97. The van der Waals surface area contributed by atoms with Crippen molar-refractivity contribution in [3.63, 3.8) is 0 Å². The van der Waals surface area contributed by atoms with Crippen LogP contribution in [0.25, 0.3) is 11.0 Å². The molecule has 7 heteroatoms. The van der Waals surface area contributed by atoms with E-state index in [1.165, 1.54) is 12.1 Å². The lowest BCUT2D eigenvalue weighted by molar-refractivity contribution is -0.139. The number of aromatic nitrogens is 1. The summed E-state index contributed by atoms with van der Waals surface area (Å²) in [5.74, 6) is -0.0541. The van der Waals surface area contributed by atoms with Crippen LogP contribution in [0.1, 0.15) is 37.3 Å². The third kappa shape index (κ3) is 3.10. The van der Waals surface area contributed by atoms with Crippen molar-refractivity contribution in [3.8, 4) is 0 Å². The molecule has 0 saturated carbocycles. The van der Waals surface area contributed by atoms with Gasteiger partial charge in [-0.15, -0.1) is 0 Å². The second-order valence-corrected chi connectivity index (χ2v) is 6.78. The molecule has 0 N–H and O–H groups in total. The summed E-state index contributed by atoms with van der Waals surface area (Å²) in [6.45, 7) is 2.15. The Morgan fingerprint density at radius 3 is 2.80 bits per heavy atom. The normalized spacial score (nSPS) is 19.2. The van der Waals surface area contributed by atoms with Gasteiger partial charge in [-0.2, -0.15) is 0 Å². The molecule has 1 aromatic heterocycles. The van der Waals surface area contributed by atoms with Crippen molar-refractivity contribution < 1.29 is 18.5 Å². The van der Waals surface area contributed by atoms with Gasteiger partial charge >= 0.3 is 0 Å². The molecule has 2 aromatic rings. The van der Waals surface area contributed by atoms with Gasteiger partial charge < -0.3 is 14.3 Å². The largest absolute Gasteiger partial charge is 0.356 e. The maximum Gasteiger partial charge on any atom is 0.242 e. The highest BCUT2D eigenvalue weighted by Gasteiger charge is 2.29. The number of benzene rings is 1. The first-order valence-electron chi connectivity index (χ1n) is 8.72. The maximum atomic E-state index is 13.3. The number of nitrogens with zero attached hydrogens (tertiary/aromatic N) is 3. The third-order valence-electron chi connectivity index (χ3n) is 5.19. The van der Waals surface area contributed by atoms with E-state index in [0.29, 0.717) is 31.6 Å². The zero-order chi connectivity index (χ0) is 17.4. The summed E-state index contributed by atoms with van der Waals surface area (Å²) < 4.78 is 18.5. The van der Waals surface area contributed by atoms with Crippen molar-refractivity contribution in [2.75, 3.05) is 26.2 Å². The molecule has 25 heavy (non-hydrogen) atoms. The summed E-state index contributed by atoms with van der Waals surface area (Å²) >= 11 is 0. The minimum Gasteiger partial charge on any atom is -0.356 e. The van der Waals surface area contributed by atoms with Gasteiger partial charge in [-0.25, -0.2) is 4.39 Å². The molecule has 3 heterocycles. The van der Waals surface area contributed by atoms with Crippen LogP contribution >= 0.6 is 0 Å². The van der Waals surface area contributed by atoms with E-state index in [-0.39, 0.29) is 30.1 Å². The van der Waals surface area contributed by atoms with Crippen LogP contribution in [0.2, 0.25) is 0 Å². The van der Waals surface area contributed by atoms with E-state index < -0.39 is 0 Å².